The summed E-state index contributed by atoms with van der Waals surface area (Å²) in [5, 5.41) is 0. The highest BCUT2D eigenvalue weighted by Crippen LogP contribution is 2.30. The van der Waals surface area contributed by atoms with Crippen LogP contribution in [0.4, 0.5) is 0 Å². The van der Waals surface area contributed by atoms with Crippen molar-refractivity contribution in [2.45, 2.75) is 69.4 Å². The van der Waals surface area contributed by atoms with Gasteiger partial charge in [-0.05, 0) is 57.6 Å². The monoisotopic (exact) mass is 449 g/mol. The zero-order chi connectivity index (χ0) is 22.5. The maximum atomic E-state index is 12.9. The molecule has 3 rings (SSSR count). The van der Waals surface area contributed by atoms with E-state index in [0.29, 0.717) is 31.2 Å². The van der Waals surface area contributed by atoms with Crippen molar-refractivity contribution in [3.05, 3.63) is 57.4 Å². The van der Waals surface area contributed by atoms with Gasteiger partial charge in [-0.15, -0.1) is 0 Å². The number of hydrogen-bond acceptors (Lipinski definition) is 5. The largest absolute Gasteiger partial charge is 0.493 e. The van der Waals surface area contributed by atoms with Crippen LogP contribution in [0.15, 0.2) is 51.0 Å². The molecule has 1 aromatic carbocycles. The summed E-state index contributed by atoms with van der Waals surface area (Å²) in [4.78, 5) is 25.2. The Morgan fingerprint density at radius 1 is 1.16 bits per heavy atom. The number of aryl methyl sites for hydroxylation is 1. The van der Waals surface area contributed by atoms with Gasteiger partial charge in [0.25, 0.3) is 5.56 Å². The van der Waals surface area contributed by atoms with E-state index in [4.69, 9.17) is 4.74 Å². The van der Waals surface area contributed by atoms with Gasteiger partial charge in [-0.1, -0.05) is 18.9 Å². The number of nitrogens with one attached hydrogen (secondary N) is 2. The van der Waals surface area contributed by atoms with Crippen molar-refractivity contribution in [1.82, 2.24) is 14.3 Å². The minimum absolute atomic E-state index is 0.200. The van der Waals surface area contributed by atoms with Crippen LogP contribution in [-0.4, -0.2) is 30.1 Å². The third-order valence-corrected chi connectivity index (χ3v) is 7.00. The normalized spacial score (nSPS) is 14.5. The van der Waals surface area contributed by atoms with Crippen LogP contribution >= 0.6 is 0 Å². The zero-order valence-corrected chi connectivity index (χ0v) is 18.9. The number of sulfonamides is 1. The summed E-state index contributed by atoms with van der Waals surface area (Å²) >= 11 is 0. The molecule has 0 aliphatic heterocycles. The van der Waals surface area contributed by atoms with Gasteiger partial charge in [-0.25, -0.2) is 17.9 Å². The average molecular weight is 450 g/mol. The number of rotatable bonds is 12. The first-order valence-corrected chi connectivity index (χ1v) is 12.2. The fourth-order valence-electron chi connectivity index (χ4n) is 3.35. The summed E-state index contributed by atoms with van der Waals surface area (Å²) in [6.07, 6.45) is 6.89. The molecule has 1 saturated carbocycles. The summed E-state index contributed by atoms with van der Waals surface area (Å²) in [5.41, 5.74) is -1.43. The van der Waals surface area contributed by atoms with Crippen LogP contribution in [0.5, 0.6) is 5.75 Å². The Morgan fingerprint density at radius 3 is 2.65 bits per heavy atom. The first kappa shape index (κ1) is 23.3. The van der Waals surface area contributed by atoms with Crippen molar-refractivity contribution < 1.29 is 13.2 Å². The smallest absolute Gasteiger partial charge is 0.328 e. The van der Waals surface area contributed by atoms with Gasteiger partial charge < -0.3 is 9.30 Å². The summed E-state index contributed by atoms with van der Waals surface area (Å²) in [6.45, 7) is 4.87. The van der Waals surface area contributed by atoms with Crippen LogP contribution in [-0.2, 0) is 16.6 Å². The molecule has 31 heavy (non-hydrogen) atoms. The maximum absolute atomic E-state index is 12.9. The van der Waals surface area contributed by atoms with Crippen molar-refractivity contribution >= 4 is 10.0 Å². The molecule has 170 valence electrons. The molecule has 8 nitrogen and oxygen atoms in total. The zero-order valence-electron chi connectivity index (χ0n) is 18.1. The molecule has 0 atom stereocenters. The van der Waals surface area contributed by atoms with Gasteiger partial charge in [0.15, 0.2) is 0 Å². The molecule has 1 fully saturated rings. The standard InChI is InChI=1S/C22H31N3O5S/c1-22(2,12-4-3-5-13-25-14-11-20(26)23-21(25)27)24-31(28,29)19-8-6-7-18(15-19)30-16-17-9-10-17/h6-8,11,14-15,17,24H,3-5,9-10,12-13,16H2,1-2H3,(H,23,26,27). The number of ether oxygens (including phenoxy) is 1. The average Bonchev–Trinajstić information content (AvgIpc) is 3.51. The summed E-state index contributed by atoms with van der Waals surface area (Å²) in [7, 11) is -3.67. The highest BCUT2D eigenvalue weighted by atomic mass is 32.2. The topological polar surface area (TPSA) is 110 Å². The molecule has 1 heterocycles. The number of H-pyrrole nitrogens is 1. The number of aromatic amines is 1. The lowest BCUT2D eigenvalue weighted by molar-refractivity contribution is 0.299. The van der Waals surface area contributed by atoms with Crippen molar-refractivity contribution in [2.75, 3.05) is 6.61 Å². The Balaban J connectivity index is 1.47. The molecule has 0 spiro atoms. The molecule has 2 aromatic rings. The Labute approximate surface area is 182 Å². The fourth-order valence-corrected chi connectivity index (χ4v) is 4.83. The predicted molar refractivity (Wildman–Crippen MR) is 119 cm³/mol. The molecule has 2 N–H and O–H groups in total. The van der Waals surface area contributed by atoms with Crippen molar-refractivity contribution in [2.24, 2.45) is 5.92 Å². The van der Waals surface area contributed by atoms with E-state index in [1.54, 1.807) is 24.3 Å². The van der Waals surface area contributed by atoms with Gasteiger partial charge in [0.05, 0.1) is 11.5 Å². The van der Waals surface area contributed by atoms with Crippen LogP contribution < -0.4 is 20.7 Å². The molecule has 0 radical (unpaired) electrons. The molecule has 1 aliphatic carbocycles. The number of unbranched alkanes of at least 4 members (excludes halogenated alkanes) is 2. The van der Waals surface area contributed by atoms with Crippen LogP contribution in [0.3, 0.4) is 0 Å². The first-order valence-electron chi connectivity index (χ1n) is 10.7. The molecule has 0 unspecified atom stereocenters. The Morgan fingerprint density at radius 2 is 1.94 bits per heavy atom. The maximum Gasteiger partial charge on any atom is 0.328 e. The number of hydrogen-bond donors (Lipinski definition) is 2. The summed E-state index contributed by atoms with van der Waals surface area (Å²) < 4.78 is 35.7. The second kappa shape index (κ2) is 9.82. The van der Waals surface area contributed by atoms with E-state index in [9.17, 15) is 18.0 Å². The molecule has 0 bridgehead atoms. The van der Waals surface area contributed by atoms with Gasteiger partial charge in [-0.3, -0.25) is 9.78 Å². The second-order valence-electron chi connectivity index (χ2n) is 8.83. The van der Waals surface area contributed by atoms with Crippen molar-refractivity contribution in [3.8, 4) is 5.75 Å². The minimum Gasteiger partial charge on any atom is -0.493 e. The second-order valence-corrected chi connectivity index (χ2v) is 10.5. The quantitative estimate of drug-likeness (QED) is 0.484. The van der Waals surface area contributed by atoms with Crippen molar-refractivity contribution in [3.63, 3.8) is 0 Å². The van der Waals surface area contributed by atoms with E-state index in [2.05, 4.69) is 9.71 Å². The molecule has 9 heteroatoms. The SMILES string of the molecule is CC(C)(CCCCCn1ccc(=O)[nH]c1=O)NS(=O)(=O)c1cccc(OCC2CC2)c1. The number of nitrogens with zero attached hydrogens (tertiary/aromatic N) is 1. The third-order valence-electron chi connectivity index (χ3n) is 5.31. The lowest BCUT2D eigenvalue weighted by atomic mass is 9.98. The molecule has 0 amide bonds. The van der Waals surface area contributed by atoms with Gasteiger partial charge in [0.1, 0.15) is 5.75 Å². The van der Waals surface area contributed by atoms with E-state index in [1.807, 2.05) is 13.8 Å². The van der Waals surface area contributed by atoms with Crippen LogP contribution in [0.2, 0.25) is 0 Å². The van der Waals surface area contributed by atoms with E-state index in [1.165, 1.54) is 29.7 Å². The molecule has 1 aromatic heterocycles. The molecule has 0 saturated heterocycles. The number of aromatic nitrogens is 2. The predicted octanol–water partition coefficient (Wildman–Crippen LogP) is 2.64. The van der Waals surface area contributed by atoms with Gasteiger partial charge in [-0.2, -0.15) is 0 Å². The minimum atomic E-state index is -3.67. The van der Waals surface area contributed by atoms with Crippen molar-refractivity contribution in [1.29, 1.82) is 0 Å². The highest BCUT2D eigenvalue weighted by Gasteiger charge is 2.26. The van der Waals surface area contributed by atoms with E-state index >= 15 is 0 Å². The molecule has 1 aliphatic rings. The number of benzene rings is 1. The van der Waals surface area contributed by atoms with Gasteiger partial charge in [0, 0.05) is 30.4 Å². The fraction of sp³-hybridized carbons (Fsp3) is 0.545. The van der Waals surface area contributed by atoms with Crippen LogP contribution in [0.1, 0.15) is 52.4 Å². The van der Waals surface area contributed by atoms with Gasteiger partial charge >= 0.3 is 5.69 Å². The van der Waals surface area contributed by atoms with Gasteiger partial charge in [0.2, 0.25) is 10.0 Å². The summed E-state index contributed by atoms with van der Waals surface area (Å²) in [5.74, 6) is 1.17. The lowest BCUT2D eigenvalue weighted by Crippen LogP contribution is -2.43. The Hall–Kier alpha value is -2.39. The third kappa shape index (κ3) is 7.36. The van der Waals surface area contributed by atoms with Crippen LogP contribution in [0, 0.1) is 5.92 Å². The molecular weight excluding hydrogens is 418 g/mol. The van der Waals surface area contributed by atoms with Crippen LogP contribution in [0.25, 0.3) is 0 Å². The Bertz CT molecular complexity index is 1100. The first-order chi connectivity index (χ1) is 14.6. The molecular formula is C22H31N3O5S. The highest BCUT2D eigenvalue weighted by molar-refractivity contribution is 7.89. The Kier molecular flexibility index (Phi) is 7.38. The summed E-state index contributed by atoms with van der Waals surface area (Å²) in [6, 6.07) is 7.95. The lowest BCUT2D eigenvalue weighted by Gasteiger charge is -2.26. The van der Waals surface area contributed by atoms with E-state index < -0.39 is 26.8 Å². The van der Waals surface area contributed by atoms with E-state index in [-0.39, 0.29) is 4.90 Å². The van der Waals surface area contributed by atoms with E-state index in [0.717, 1.165) is 19.3 Å².